The van der Waals surface area contributed by atoms with Crippen LogP contribution in [0.2, 0.25) is 0 Å². The van der Waals surface area contributed by atoms with Crippen LogP contribution in [-0.4, -0.2) is 4.92 Å². The van der Waals surface area contributed by atoms with Crippen LogP contribution in [0.15, 0.2) is 84.9 Å². The molecular weight excluding hydrogens is 377 g/mol. The molecule has 0 unspecified atom stereocenters. The van der Waals surface area contributed by atoms with Crippen LogP contribution in [0.3, 0.4) is 0 Å². The van der Waals surface area contributed by atoms with Crippen molar-refractivity contribution < 1.29 is 9.31 Å². The highest BCUT2D eigenvalue weighted by molar-refractivity contribution is 6.39. The minimum atomic E-state index is -0.361. The summed E-state index contributed by atoms with van der Waals surface area (Å²) in [6, 6.07) is 25.9. The highest BCUT2D eigenvalue weighted by Gasteiger charge is 2.17. The number of hydrogen-bond donors (Lipinski definition) is 0. The third-order valence-corrected chi connectivity index (χ3v) is 5.96. The van der Waals surface area contributed by atoms with Crippen molar-refractivity contribution in [2.75, 3.05) is 0 Å². The van der Waals surface area contributed by atoms with Crippen molar-refractivity contribution in [1.82, 2.24) is 0 Å². The van der Waals surface area contributed by atoms with Crippen LogP contribution in [0.1, 0.15) is 0 Å². The first-order valence-electron chi connectivity index (χ1n) is 9.66. The number of hydrogen-bond acceptors (Lipinski definition) is 2. The lowest BCUT2D eigenvalue weighted by Crippen LogP contribution is -1.91. The lowest BCUT2D eigenvalue weighted by molar-refractivity contribution is -0.384. The summed E-state index contributed by atoms with van der Waals surface area (Å²) in [6.45, 7) is 0. The van der Waals surface area contributed by atoms with Crippen molar-refractivity contribution in [3.63, 3.8) is 0 Å². The van der Waals surface area contributed by atoms with Crippen LogP contribution in [0.4, 0.5) is 10.1 Å². The molecule has 3 nitrogen and oxygen atoms in total. The third kappa shape index (κ3) is 2.19. The van der Waals surface area contributed by atoms with Gasteiger partial charge in [0, 0.05) is 12.1 Å². The Morgan fingerprint density at radius 1 is 0.567 bits per heavy atom. The fourth-order valence-corrected chi connectivity index (χ4v) is 4.74. The van der Waals surface area contributed by atoms with Gasteiger partial charge in [-0.25, -0.2) is 4.39 Å². The van der Waals surface area contributed by atoms with Gasteiger partial charge in [0.1, 0.15) is 5.82 Å². The van der Waals surface area contributed by atoms with Gasteiger partial charge in [-0.15, -0.1) is 0 Å². The lowest BCUT2D eigenvalue weighted by atomic mass is 9.87. The number of fused-ring (bicyclic) bond motifs is 11. The standard InChI is InChI=1S/C26H14FNO2/c27-15-9-11-21-23(13-15)17-5-1-3-7-19(17)26-22-12-10-16(28(29)30)14-24(22)18-6-2-4-8-20(18)25(21)26/h1-14H. The second-order valence-corrected chi connectivity index (χ2v) is 7.52. The maximum atomic E-state index is 14.2. The molecule has 0 radical (unpaired) electrons. The van der Waals surface area contributed by atoms with Crippen molar-refractivity contribution >= 4 is 59.5 Å². The van der Waals surface area contributed by atoms with Crippen LogP contribution in [0, 0.1) is 15.9 Å². The Morgan fingerprint density at radius 3 is 1.60 bits per heavy atom. The monoisotopic (exact) mass is 391 g/mol. The molecule has 0 spiro atoms. The zero-order chi connectivity index (χ0) is 20.4. The predicted molar refractivity (Wildman–Crippen MR) is 121 cm³/mol. The Labute approximate surface area is 170 Å². The summed E-state index contributed by atoms with van der Waals surface area (Å²) in [5.41, 5.74) is 0.0687. The van der Waals surface area contributed by atoms with E-state index in [4.69, 9.17) is 0 Å². The van der Waals surface area contributed by atoms with Gasteiger partial charge in [0.25, 0.3) is 5.69 Å². The summed E-state index contributed by atoms with van der Waals surface area (Å²) >= 11 is 0. The van der Waals surface area contributed by atoms with Gasteiger partial charge in [-0.05, 0) is 72.1 Å². The molecular formula is C26H14FNO2. The molecule has 6 aromatic carbocycles. The molecule has 0 fully saturated rings. The Bertz CT molecular complexity index is 1690. The average Bonchev–Trinajstić information content (AvgIpc) is 2.78. The average molecular weight is 391 g/mol. The van der Waals surface area contributed by atoms with Crippen molar-refractivity contribution in [1.29, 1.82) is 0 Å². The van der Waals surface area contributed by atoms with Crippen molar-refractivity contribution in [3.05, 3.63) is 101 Å². The molecule has 0 heterocycles. The summed E-state index contributed by atoms with van der Waals surface area (Å²) in [4.78, 5) is 11.1. The Kier molecular flexibility index (Phi) is 3.36. The number of non-ortho nitro benzene ring substituents is 1. The Morgan fingerprint density at radius 2 is 1.03 bits per heavy atom. The maximum absolute atomic E-state index is 14.2. The predicted octanol–water partition coefficient (Wildman–Crippen LogP) is 7.50. The molecule has 0 amide bonds. The molecule has 142 valence electrons. The SMILES string of the molecule is O=[N+]([O-])c1ccc2c(c1)c1ccccc1c1c3ccc(F)cc3c3ccccc3c21. The molecule has 30 heavy (non-hydrogen) atoms. The number of nitrogens with zero attached hydrogens (tertiary/aromatic N) is 1. The van der Waals surface area contributed by atoms with E-state index in [-0.39, 0.29) is 16.4 Å². The van der Waals surface area contributed by atoms with E-state index in [0.717, 1.165) is 53.9 Å². The number of nitro benzene ring substituents is 1. The lowest BCUT2D eigenvalue weighted by Gasteiger charge is -2.16. The van der Waals surface area contributed by atoms with Gasteiger partial charge in [0.15, 0.2) is 0 Å². The molecule has 0 saturated heterocycles. The van der Waals surface area contributed by atoms with Gasteiger partial charge in [-0.1, -0.05) is 54.6 Å². The molecule has 6 aromatic rings. The molecule has 0 atom stereocenters. The Hall–Kier alpha value is -4.05. The summed E-state index contributed by atoms with van der Waals surface area (Å²) < 4.78 is 14.2. The minimum absolute atomic E-state index is 0.0687. The maximum Gasteiger partial charge on any atom is 0.270 e. The molecule has 0 aromatic heterocycles. The van der Waals surface area contributed by atoms with E-state index in [0.29, 0.717) is 0 Å². The highest BCUT2D eigenvalue weighted by Crippen LogP contribution is 2.44. The van der Waals surface area contributed by atoms with E-state index in [1.807, 2.05) is 60.7 Å². The third-order valence-electron chi connectivity index (χ3n) is 5.96. The number of halogens is 1. The van der Waals surface area contributed by atoms with Gasteiger partial charge in [0.05, 0.1) is 4.92 Å². The van der Waals surface area contributed by atoms with Gasteiger partial charge in [-0.3, -0.25) is 10.1 Å². The number of benzene rings is 6. The molecule has 0 saturated carbocycles. The van der Waals surface area contributed by atoms with E-state index >= 15 is 0 Å². The van der Waals surface area contributed by atoms with Crippen LogP contribution in [0.25, 0.3) is 53.9 Å². The molecule has 0 aliphatic rings. The van der Waals surface area contributed by atoms with Crippen LogP contribution in [0.5, 0.6) is 0 Å². The zero-order valence-electron chi connectivity index (χ0n) is 15.7. The van der Waals surface area contributed by atoms with E-state index in [1.54, 1.807) is 18.2 Å². The minimum Gasteiger partial charge on any atom is -0.258 e. The fraction of sp³-hybridized carbons (Fsp3) is 0. The van der Waals surface area contributed by atoms with Crippen molar-refractivity contribution in [2.45, 2.75) is 0 Å². The number of nitro groups is 1. The molecule has 0 aliphatic heterocycles. The summed E-state index contributed by atoms with van der Waals surface area (Å²) in [5, 5.41) is 21.1. The van der Waals surface area contributed by atoms with Gasteiger partial charge in [-0.2, -0.15) is 0 Å². The summed E-state index contributed by atoms with van der Waals surface area (Å²) in [5.74, 6) is -0.271. The fourth-order valence-electron chi connectivity index (χ4n) is 4.74. The molecule has 0 N–H and O–H groups in total. The number of rotatable bonds is 1. The van der Waals surface area contributed by atoms with Gasteiger partial charge < -0.3 is 0 Å². The first-order chi connectivity index (χ1) is 14.6. The quantitative estimate of drug-likeness (QED) is 0.165. The first kappa shape index (κ1) is 16.9. The topological polar surface area (TPSA) is 43.1 Å². The van der Waals surface area contributed by atoms with Crippen molar-refractivity contribution in [3.8, 4) is 0 Å². The second-order valence-electron chi connectivity index (χ2n) is 7.52. The molecule has 0 bridgehead atoms. The first-order valence-corrected chi connectivity index (χ1v) is 9.66. The Balaban J connectivity index is 2.04. The van der Waals surface area contributed by atoms with Crippen molar-refractivity contribution in [2.24, 2.45) is 0 Å². The van der Waals surface area contributed by atoms with Crippen LogP contribution < -0.4 is 0 Å². The summed E-state index contributed by atoms with van der Waals surface area (Å²) in [7, 11) is 0. The van der Waals surface area contributed by atoms with Gasteiger partial charge in [0.2, 0.25) is 0 Å². The zero-order valence-corrected chi connectivity index (χ0v) is 15.7. The van der Waals surface area contributed by atoms with E-state index in [1.165, 1.54) is 6.07 Å². The van der Waals surface area contributed by atoms with Crippen LogP contribution >= 0.6 is 0 Å². The van der Waals surface area contributed by atoms with E-state index in [2.05, 4.69) is 0 Å². The normalized spacial score (nSPS) is 11.8. The highest BCUT2D eigenvalue weighted by atomic mass is 19.1. The van der Waals surface area contributed by atoms with E-state index in [9.17, 15) is 14.5 Å². The summed E-state index contributed by atoms with van der Waals surface area (Å²) in [6.07, 6.45) is 0. The van der Waals surface area contributed by atoms with E-state index < -0.39 is 0 Å². The largest absolute Gasteiger partial charge is 0.270 e. The molecule has 6 rings (SSSR count). The molecule has 0 aliphatic carbocycles. The molecule has 4 heteroatoms. The van der Waals surface area contributed by atoms with Crippen LogP contribution in [-0.2, 0) is 0 Å². The smallest absolute Gasteiger partial charge is 0.258 e. The van der Waals surface area contributed by atoms with Gasteiger partial charge >= 0.3 is 0 Å². The second kappa shape index (κ2) is 5.97.